The first kappa shape index (κ1) is 9.68. The summed E-state index contributed by atoms with van der Waals surface area (Å²) in [5.41, 5.74) is 8.38. The molecular weight excluding hydrogens is 176 g/mol. The Hall–Kier alpha value is -0.870. The smallest absolute Gasteiger partial charge is 0.120 e. The van der Waals surface area contributed by atoms with Crippen molar-refractivity contribution < 1.29 is 0 Å². The average Bonchev–Trinajstić information content (AvgIpc) is 2.44. The second-order valence-electron chi connectivity index (χ2n) is 4.35. The number of H-pyrrole nitrogens is 1. The topological polar surface area (TPSA) is 57.9 Å². The fraction of sp³-hybridized carbons (Fsp3) is 0.700. The van der Waals surface area contributed by atoms with Crippen LogP contribution in [-0.4, -0.2) is 35.0 Å². The lowest BCUT2D eigenvalue weighted by atomic mass is 9.97. The van der Waals surface area contributed by atoms with Crippen LogP contribution in [0.25, 0.3) is 0 Å². The molecular formula is C10H18N4. The van der Waals surface area contributed by atoms with Crippen molar-refractivity contribution in [1.29, 1.82) is 0 Å². The van der Waals surface area contributed by atoms with E-state index in [2.05, 4.69) is 14.9 Å². The average molecular weight is 194 g/mol. The molecule has 0 fully saturated rings. The van der Waals surface area contributed by atoms with E-state index in [1.165, 1.54) is 11.4 Å². The molecule has 0 amide bonds. The highest BCUT2D eigenvalue weighted by atomic mass is 15.1. The van der Waals surface area contributed by atoms with Gasteiger partial charge in [-0.05, 0) is 26.9 Å². The summed E-state index contributed by atoms with van der Waals surface area (Å²) in [5.74, 6) is 1.06. The van der Waals surface area contributed by atoms with E-state index < -0.39 is 0 Å². The molecule has 0 aromatic carbocycles. The van der Waals surface area contributed by atoms with Crippen molar-refractivity contribution in [3.8, 4) is 0 Å². The van der Waals surface area contributed by atoms with E-state index in [9.17, 15) is 0 Å². The molecule has 0 bridgehead atoms. The quantitative estimate of drug-likeness (QED) is 0.711. The van der Waals surface area contributed by atoms with Gasteiger partial charge in [-0.25, -0.2) is 4.98 Å². The molecule has 1 aromatic heterocycles. The Bertz CT molecular complexity index is 316. The van der Waals surface area contributed by atoms with Gasteiger partial charge in [-0.2, -0.15) is 0 Å². The standard InChI is InChI=1S/C10H18N4/c1-14(2)6-10-12-8-4-3-7(11)5-9(8)13-10/h7H,3-6,11H2,1-2H3,(H,12,13). The molecule has 0 radical (unpaired) electrons. The summed E-state index contributed by atoms with van der Waals surface area (Å²) >= 11 is 0. The molecule has 1 unspecified atom stereocenters. The highest BCUT2D eigenvalue weighted by molar-refractivity contribution is 5.19. The minimum Gasteiger partial charge on any atom is -0.345 e. The third kappa shape index (κ3) is 1.96. The van der Waals surface area contributed by atoms with E-state index in [1.54, 1.807) is 0 Å². The molecule has 14 heavy (non-hydrogen) atoms. The zero-order valence-electron chi connectivity index (χ0n) is 8.88. The summed E-state index contributed by atoms with van der Waals surface area (Å²) in [7, 11) is 4.10. The molecule has 0 saturated carbocycles. The molecule has 0 spiro atoms. The summed E-state index contributed by atoms with van der Waals surface area (Å²) in [5, 5.41) is 0. The normalized spacial score (nSPS) is 21.3. The summed E-state index contributed by atoms with van der Waals surface area (Å²) in [6, 6.07) is 0.315. The number of imidazole rings is 1. The Labute approximate surface area is 84.5 Å². The Morgan fingerprint density at radius 1 is 1.57 bits per heavy atom. The van der Waals surface area contributed by atoms with Crippen molar-refractivity contribution in [2.24, 2.45) is 5.73 Å². The first-order chi connectivity index (χ1) is 6.65. The van der Waals surface area contributed by atoms with Crippen LogP contribution in [0, 0.1) is 0 Å². The number of aromatic amines is 1. The molecule has 3 N–H and O–H groups in total. The summed E-state index contributed by atoms with van der Waals surface area (Å²) in [6.07, 6.45) is 3.05. The van der Waals surface area contributed by atoms with Crippen molar-refractivity contribution in [3.63, 3.8) is 0 Å². The van der Waals surface area contributed by atoms with Crippen molar-refractivity contribution in [3.05, 3.63) is 17.2 Å². The second-order valence-corrected chi connectivity index (χ2v) is 4.35. The van der Waals surface area contributed by atoms with Crippen LogP contribution in [0.5, 0.6) is 0 Å². The number of aryl methyl sites for hydroxylation is 1. The predicted octanol–water partition coefficient (Wildman–Crippen LogP) is 0.287. The zero-order valence-corrected chi connectivity index (χ0v) is 8.88. The third-order valence-electron chi connectivity index (χ3n) is 2.60. The van der Waals surface area contributed by atoms with E-state index in [-0.39, 0.29) is 0 Å². The number of nitrogens with zero attached hydrogens (tertiary/aromatic N) is 2. The zero-order chi connectivity index (χ0) is 10.1. The van der Waals surface area contributed by atoms with Crippen LogP contribution in [0.1, 0.15) is 23.6 Å². The molecule has 78 valence electrons. The van der Waals surface area contributed by atoms with Gasteiger partial charge in [0.1, 0.15) is 5.82 Å². The van der Waals surface area contributed by atoms with Gasteiger partial charge in [0.2, 0.25) is 0 Å². The molecule has 1 aromatic rings. The molecule has 1 atom stereocenters. The third-order valence-corrected chi connectivity index (χ3v) is 2.60. The van der Waals surface area contributed by atoms with Gasteiger partial charge in [-0.3, -0.25) is 0 Å². The van der Waals surface area contributed by atoms with Crippen LogP contribution in [0.15, 0.2) is 0 Å². The van der Waals surface area contributed by atoms with Gasteiger partial charge in [0, 0.05) is 18.2 Å². The number of nitrogens with one attached hydrogen (secondary N) is 1. The van der Waals surface area contributed by atoms with E-state index in [0.717, 1.165) is 31.6 Å². The van der Waals surface area contributed by atoms with Gasteiger partial charge in [-0.15, -0.1) is 0 Å². The molecule has 0 aliphatic heterocycles. The van der Waals surface area contributed by atoms with Gasteiger partial charge in [0.15, 0.2) is 0 Å². The van der Waals surface area contributed by atoms with E-state index >= 15 is 0 Å². The lowest BCUT2D eigenvalue weighted by molar-refractivity contribution is 0.391. The molecule has 4 heteroatoms. The fourth-order valence-corrected chi connectivity index (χ4v) is 1.94. The molecule has 2 rings (SSSR count). The van der Waals surface area contributed by atoms with Gasteiger partial charge in [0.05, 0.1) is 12.2 Å². The van der Waals surface area contributed by atoms with Gasteiger partial charge in [0.25, 0.3) is 0 Å². The van der Waals surface area contributed by atoms with Gasteiger partial charge in [-0.1, -0.05) is 0 Å². The Kier molecular flexibility index (Phi) is 2.56. The minimum atomic E-state index is 0.315. The predicted molar refractivity (Wildman–Crippen MR) is 56.0 cm³/mol. The van der Waals surface area contributed by atoms with Crippen LogP contribution in [-0.2, 0) is 19.4 Å². The van der Waals surface area contributed by atoms with Crippen LogP contribution in [0.2, 0.25) is 0 Å². The molecule has 1 aliphatic rings. The molecule has 4 nitrogen and oxygen atoms in total. The van der Waals surface area contributed by atoms with E-state index in [0.29, 0.717) is 6.04 Å². The lowest BCUT2D eigenvalue weighted by Gasteiger charge is -2.16. The summed E-state index contributed by atoms with van der Waals surface area (Å²) in [6.45, 7) is 0.877. The van der Waals surface area contributed by atoms with Crippen molar-refractivity contribution in [1.82, 2.24) is 14.9 Å². The summed E-state index contributed by atoms with van der Waals surface area (Å²) < 4.78 is 0. The SMILES string of the molecule is CN(C)Cc1nc2c([nH]1)CC(N)CC2. The van der Waals surface area contributed by atoms with Crippen molar-refractivity contribution in [2.75, 3.05) is 14.1 Å². The Morgan fingerprint density at radius 3 is 3.07 bits per heavy atom. The van der Waals surface area contributed by atoms with Crippen LogP contribution in [0.4, 0.5) is 0 Å². The number of hydrogen-bond acceptors (Lipinski definition) is 3. The number of fused-ring (bicyclic) bond motifs is 1. The summed E-state index contributed by atoms with van der Waals surface area (Å²) in [4.78, 5) is 10.1. The highest BCUT2D eigenvalue weighted by Crippen LogP contribution is 2.18. The number of aromatic nitrogens is 2. The van der Waals surface area contributed by atoms with Crippen LogP contribution < -0.4 is 5.73 Å². The van der Waals surface area contributed by atoms with Crippen molar-refractivity contribution in [2.45, 2.75) is 31.8 Å². The van der Waals surface area contributed by atoms with Crippen LogP contribution >= 0.6 is 0 Å². The van der Waals surface area contributed by atoms with Gasteiger partial charge < -0.3 is 15.6 Å². The second kappa shape index (κ2) is 3.71. The molecule has 1 aliphatic carbocycles. The largest absolute Gasteiger partial charge is 0.345 e. The van der Waals surface area contributed by atoms with E-state index in [1.807, 2.05) is 14.1 Å². The van der Waals surface area contributed by atoms with Crippen LogP contribution in [0.3, 0.4) is 0 Å². The number of hydrogen-bond donors (Lipinski definition) is 2. The Balaban J connectivity index is 2.15. The maximum absolute atomic E-state index is 5.90. The first-order valence-corrected chi connectivity index (χ1v) is 5.12. The lowest BCUT2D eigenvalue weighted by Crippen LogP contribution is -2.27. The molecule has 0 saturated heterocycles. The maximum atomic E-state index is 5.90. The minimum absolute atomic E-state index is 0.315. The highest BCUT2D eigenvalue weighted by Gasteiger charge is 2.19. The Morgan fingerprint density at radius 2 is 2.36 bits per heavy atom. The number of rotatable bonds is 2. The monoisotopic (exact) mass is 194 g/mol. The molecule has 1 heterocycles. The van der Waals surface area contributed by atoms with Crippen molar-refractivity contribution >= 4 is 0 Å². The first-order valence-electron chi connectivity index (χ1n) is 5.12. The fourth-order valence-electron chi connectivity index (χ4n) is 1.94. The number of nitrogens with two attached hydrogens (primary N) is 1. The maximum Gasteiger partial charge on any atom is 0.120 e. The van der Waals surface area contributed by atoms with Gasteiger partial charge >= 0.3 is 0 Å². The van der Waals surface area contributed by atoms with E-state index in [4.69, 9.17) is 5.73 Å².